The second-order valence-electron chi connectivity index (χ2n) is 3.24. The molecule has 1 aliphatic rings. The molecule has 0 amide bonds. The first-order valence-electron chi connectivity index (χ1n) is 4.70. The molecule has 1 aromatic rings. The molecule has 74 valence electrons. The quantitative estimate of drug-likeness (QED) is 0.815. The minimum absolute atomic E-state index is 0.238. The first-order chi connectivity index (χ1) is 6.84. The molecule has 1 heterocycles. The summed E-state index contributed by atoms with van der Waals surface area (Å²) in [7, 11) is 0. The number of allylic oxidation sites excluding steroid dienone is 2. The van der Waals surface area contributed by atoms with Gasteiger partial charge in [-0.3, -0.25) is 4.79 Å². The van der Waals surface area contributed by atoms with Crippen LogP contribution in [-0.2, 0) is 11.2 Å². The molecule has 4 heteroatoms. The Bertz CT molecular complexity index is 343. The molecule has 0 saturated carbocycles. The standard InChI is InChI=1S/C10H12N2OS/c13-9-2-1-8(7-9)11-4-3-10-12-5-6-14-10/h5-7,11H,1-4H2. The van der Waals surface area contributed by atoms with E-state index < -0.39 is 0 Å². The van der Waals surface area contributed by atoms with Crippen LogP contribution in [0.15, 0.2) is 23.3 Å². The number of carbonyl (C=O) groups excluding carboxylic acids is 1. The normalized spacial score (nSPS) is 15.7. The summed E-state index contributed by atoms with van der Waals surface area (Å²) in [6.45, 7) is 0.868. The Morgan fingerprint density at radius 2 is 2.43 bits per heavy atom. The molecule has 2 rings (SSSR count). The first kappa shape index (κ1) is 9.40. The number of hydrogen-bond donors (Lipinski definition) is 1. The summed E-state index contributed by atoms with van der Waals surface area (Å²) >= 11 is 1.67. The van der Waals surface area contributed by atoms with Crippen molar-refractivity contribution in [1.29, 1.82) is 0 Å². The molecule has 0 fully saturated rings. The molecule has 0 saturated heterocycles. The summed E-state index contributed by atoms with van der Waals surface area (Å²) in [6.07, 6.45) is 6.00. The fourth-order valence-electron chi connectivity index (χ4n) is 1.44. The molecule has 14 heavy (non-hydrogen) atoms. The fourth-order valence-corrected chi connectivity index (χ4v) is 2.06. The first-order valence-corrected chi connectivity index (χ1v) is 5.58. The molecular formula is C10H12N2OS. The van der Waals surface area contributed by atoms with E-state index in [1.165, 1.54) is 0 Å². The van der Waals surface area contributed by atoms with Gasteiger partial charge >= 0.3 is 0 Å². The lowest BCUT2D eigenvalue weighted by molar-refractivity contribution is -0.114. The zero-order valence-electron chi connectivity index (χ0n) is 7.82. The van der Waals surface area contributed by atoms with Gasteiger partial charge in [0.1, 0.15) is 0 Å². The molecule has 1 aliphatic carbocycles. The predicted octanol–water partition coefficient (Wildman–Crippen LogP) is 1.52. The molecule has 3 nitrogen and oxygen atoms in total. The molecule has 0 aromatic carbocycles. The number of thiazole rings is 1. The van der Waals surface area contributed by atoms with Crippen molar-refractivity contribution in [1.82, 2.24) is 10.3 Å². The van der Waals surface area contributed by atoms with E-state index >= 15 is 0 Å². The van der Waals surface area contributed by atoms with Gasteiger partial charge in [0.05, 0.1) is 5.01 Å². The van der Waals surface area contributed by atoms with Crippen molar-refractivity contribution >= 4 is 17.1 Å². The zero-order chi connectivity index (χ0) is 9.80. The zero-order valence-corrected chi connectivity index (χ0v) is 8.64. The highest BCUT2D eigenvalue weighted by molar-refractivity contribution is 7.09. The predicted molar refractivity (Wildman–Crippen MR) is 56.1 cm³/mol. The Labute approximate surface area is 86.9 Å². The molecule has 0 aliphatic heterocycles. The van der Waals surface area contributed by atoms with Gasteiger partial charge in [-0.2, -0.15) is 0 Å². The highest BCUT2D eigenvalue weighted by Crippen LogP contribution is 2.11. The van der Waals surface area contributed by atoms with Crippen LogP contribution >= 0.6 is 11.3 Å². The number of nitrogens with zero attached hydrogens (tertiary/aromatic N) is 1. The van der Waals surface area contributed by atoms with Crippen LogP contribution in [0.2, 0.25) is 0 Å². The maximum atomic E-state index is 10.9. The van der Waals surface area contributed by atoms with Crippen LogP contribution in [0.4, 0.5) is 0 Å². The van der Waals surface area contributed by atoms with Gasteiger partial charge in [0, 0.05) is 42.7 Å². The SMILES string of the molecule is O=C1C=C(NCCc2nccs2)CC1. The summed E-state index contributed by atoms with van der Waals surface area (Å²) in [4.78, 5) is 15.1. The fraction of sp³-hybridized carbons (Fsp3) is 0.400. The van der Waals surface area contributed by atoms with Crippen LogP contribution in [0, 0.1) is 0 Å². The number of hydrogen-bond acceptors (Lipinski definition) is 4. The van der Waals surface area contributed by atoms with Crippen LogP contribution in [0.3, 0.4) is 0 Å². The number of rotatable bonds is 4. The third-order valence-corrected chi connectivity index (χ3v) is 2.99. The van der Waals surface area contributed by atoms with Gasteiger partial charge in [-0.15, -0.1) is 11.3 Å². The van der Waals surface area contributed by atoms with Crippen molar-refractivity contribution in [2.24, 2.45) is 0 Å². The van der Waals surface area contributed by atoms with Crippen molar-refractivity contribution in [2.45, 2.75) is 19.3 Å². The summed E-state index contributed by atoms with van der Waals surface area (Å²) in [6, 6.07) is 0. The summed E-state index contributed by atoms with van der Waals surface area (Å²) < 4.78 is 0. The van der Waals surface area contributed by atoms with Crippen LogP contribution in [0.5, 0.6) is 0 Å². The lowest BCUT2D eigenvalue weighted by Gasteiger charge is -2.03. The maximum Gasteiger partial charge on any atom is 0.157 e. The van der Waals surface area contributed by atoms with Gasteiger partial charge in [-0.05, 0) is 6.42 Å². The third-order valence-electron chi connectivity index (χ3n) is 2.15. The molecule has 0 spiro atoms. The number of carbonyl (C=O) groups is 1. The Hall–Kier alpha value is -1.16. The molecule has 0 radical (unpaired) electrons. The van der Waals surface area contributed by atoms with E-state index in [1.54, 1.807) is 17.4 Å². The van der Waals surface area contributed by atoms with Crippen molar-refractivity contribution in [3.63, 3.8) is 0 Å². The maximum absolute atomic E-state index is 10.9. The average Bonchev–Trinajstić information content (AvgIpc) is 2.77. The monoisotopic (exact) mass is 208 g/mol. The van der Waals surface area contributed by atoms with Crippen molar-refractivity contribution < 1.29 is 4.79 Å². The Morgan fingerprint density at radius 3 is 3.07 bits per heavy atom. The second-order valence-corrected chi connectivity index (χ2v) is 4.22. The van der Waals surface area contributed by atoms with E-state index in [1.807, 2.05) is 11.6 Å². The average molecular weight is 208 g/mol. The highest BCUT2D eigenvalue weighted by atomic mass is 32.1. The van der Waals surface area contributed by atoms with Crippen molar-refractivity contribution in [3.05, 3.63) is 28.4 Å². The van der Waals surface area contributed by atoms with Crippen LogP contribution in [0.25, 0.3) is 0 Å². The molecule has 0 atom stereocenters. The van der Waals surface area contributed by atoms with E-state index in [9.17, 15) is 4.79 Å². The van der Waals surface area contributed by atoms with E-state index in [4.69, 9.17) is 0 Å². The van der Waals surface area contributed by atoms with Gasteiger partial charge < -0.3 is 5.32 Å². The van der Waals surface area contributed by atoms with E-state index in [-0.39, 0.29) is 5.78 Å². The summed E-state index contributed by atoms with van der Waals surface area (Å²) in [5, 5.41) is 6.38. The van der Waals surface area contributed by atoms with Gasteiger partial charge in [0.2, 0.25) is 0 Å². The molecule has 0 unspecified atom stereocenters. The van der Waals surface area contributed by atoms with E-state index in [2.05, 4.69) is 10.3 Å². The van der Waals surface area contributed by atoms with E-state index in [0.29, 0.717) is 6.42 Å². The van der Waals surface area contributed by atoms with Gasteiger partial charge in [0.25, 0.3) is 0 Å². The summed E-state index contributed by atoms with van der Waals surface area (Å²) in [5.41, 5.74) is 1.08. The van der Waals surface area contributed by atoms with Crippen molar-refractivity contribution in [3.8, 4) is 0 Å². The van der Waals surface area contributed by atoms with Gasteiger partial charge in [-0.1, -0.05) is 0 Å². The lowest BCUT2D eigenvalue weighted by atomic mass is 10.3. The smallest absolute Gasteiger partial charge is 0.157 e. The minimum atomic E-state index is 0.238. The van der Waals surface area contributed by atoms with Crippen LogP contribution < -0.4 is 5.32 Å². The Kier molecular flexibility index (Phi) is 2.93. The number of ketones is 1. The van der Waals surface area contributed by atoms with Crippen molar-refractivity contribution in [2.75, 3.05) is 6.54 Å². The summed E-state index contributed by atoms with van der Waals surface area (Å²) in [5.74, 6) is 0.238. The van der Waals surface area contributed by atoms with Gasteiger partial charge in [-0.25, -0.2) is 4.98 Å². The lowest BCUT2D eigenvalue weighted by Crippen LogP contribution is -2.15. The second kappa shape index (κ2) is 4.37. The van der Waals surface area contributed by atoms with Gasteiger partial charge in [0.15, 0.2) is 5.78 Å². The third kappa shape index (κ3) is 2.42. The molecule has 1 N–H and O–H groups in total. The minimum Gasteiger partial charge on any atom is -0.388 e. The largest absolute Gasteiger partial charge is 0.388 e. The molecule has 1 aromatic heterocycles. The molecule has 0 bridgehead atoms. The Balaban J connectivity index is 1.73. The number of nitrogens with one attached hydrogen (secondary N) is 1. The van der Waals surface area contributed by atoms with Crippen LogP contribution in [0.1, 0.15) is 17.8 Å². The Morgan fingerprint density at radius 1 is 1.50 bits per heavy atom. The van der Waals surface area contributed by atoms with Crippen LogP contribution in [-0.4, -0.2) is 17.3 Å². The van der Waals surface area contributed by atoms with E-state index in [0.717, 1.165) is 30.1 Å². The number of aromatic nitrogens is 1. The molecular weight excluding hydrogens is 196 g/mol. The topological polar surface area (TPSA) is 42.0 Å². The highest BCUT2D eigenvalue weighted by Gasteiger charge is 2.10.